The third-order valence-electron chi connectivity index (χ3n) is 5.02. The summed E-state index contributed by atoms with van der Waals surface area (Å²) in [6, 6.07) is 20.4. The zero-order valence-electron chi connectivity index (χ0n) is 20.4. The molecule has 0 aliphatic rings. The van der Waals surface area contributed by atoms with Gasteiger partial charge in [-0.1, -0.05) is 69.3 Å². The van der Waals surface area contributed by atoms with Crippen LogP contribution in [0.15, 0.2) is 73.1 Å². The Kier molecular flexibility index (Phi) is 8.96. The van der Waals surface area contributed by atoms with E-state index in [1.54, 1.807) is 6.20 Å². The van der Waals surface area contributed by atoms with Crippen LogP contribution in [0.5, 0.6) is 0 Å². The molecule has 0 saturated carbocycles. The highest BCUT2D eigenvalue weighted by Gasteiger charge is 2.19. The molecule has 0 radical (unpaired) electrons. The number of nitrogens with zero attached hydrogens (tertiary/aromatic N) is 2. The molecule has 2 heterocycles. The molecule has 0 bridgehead atoms. The van der Waals surface area contributed by atoms with Gasteiger partial charge in [0.1, 0.15) is 12.3 Å². The molecular formula is C28H32N2O4. The van der Waals surface area contributed by atoms with Crippen LogP contribution in [0.4, 0.5) is 0 Å². The minimum atomic E-state index is -0.410. The first kappa shape index (κ1) is 25.1. The molecule has 6 heteroatoms. The Balaban J connectivity index is 0.000000751. The Bertz CT molecular complexity index is 1210. The third kappa shape index (κ3) is 6.10. The zero-order valence-corrected chi connectivity index (χ0v) is 20.4. The van der Waals surface area contributed by atoms with E-state index in [0.29, 0.717) is 12.2 Å². The van der Waals surface area contributed by atoms with Gasteiger partial charge in [-0.05, 0) is 34.7 Å². The lowest BCUT2D eigenvalue weighted by Crippen LogP contribution is -2.13. The number of carbonyl (C=O) groups is 1. The Morgan fingerprint density at radius 1 is 0.912 bits per heavy atom. The summed E-state index contributed by atoms with van der Waals surface area (Å²) in [6.07, 6.45) is 3.57. The summed E-state index contributed by atoms with van der Waals surface area (Å²) in [5, 5.41) is 0.924. The fraction of sp³-hybridized carbons (Fsp3) is 0.286. The standard InChI is InChI=1S/C24H22N2O4.C4H10/c1-28-24(27)22-14-20-21(15-25-16-23(20)26(22)11-12-30-29-2)19-10-6-9-18(13-19)17-7-4-3-5-8-17;1-4(2)3/h3-10,13-16H,11-12H2,1-2H3;4H,1-3H3. The number of hydrogen-bond acceptors (Lipinski definition) is 5. The van der Waals surface area contributed by atoms with E-state index in [9.17, 15) is 4.79 Å². The highest BCUT2D eigenvalue weighted by molar-refractivity contribution is 6.01. The molecule has 6 nitrogen and oxygen atoms in total. The lowest BCUT2D eigenvalue weighted by atomic mass is 9.98. The van der Waals surface area contributed by atoms with Crippen molar-refractivity contribution in [2.24, 2.45) is 5.92 Å². The quantitative estimate of drug-likeness (QED) is 0.138. The highest BCUT2D eigenvalue weighted by Crippen LogP contribution is 2.33. The lowest BCUT2D eigenvalue weighted by Gasteiger charge is -2.10. The minimum absolute atomic E-state index is 0.290. The fourth-order valence-electron chi connectivity index (χ4n) is 3.62. The van der Waals surface area contributed by atoms with Gasteiger partial charge in [-0.15, -0.1) is 0 Å². The van der Waals surface area contributed by atoms with E-state index in [0.717, 1.165) is 39.1 Å². The van der Waals surface area contributed by atoms with Crippen molar-refractivity contribution < 1.29 is 19.3 Å². The molecule has 34 heavy (non-hydrogen) atoms. The summed E-state index contributed by atoms with van der Waals surface area (Å²) < 4.78 is 6.83. The van der Waals surface area contributed by atoms with Crippen LogP contribution < -0.4 is 0 Å². The molecule has 0 spiro atoms. The topological polar surface area (TPSA) is 62.6 Å². The van der Waals surface area contributed by atoms with Gasteiger partial charge in [-0.2, -0.15) is 0 Å². The second kappa shape index (κ2) is 12.1. The molecule has 4 rings (SSSR count). The smallest absolute Gasteiger partial charge is 0.354 e. The second-order valence-corrected chi connectivity index (χ2v) is 8.46. The average molecular weight is 461 g/mol. The average Bonchev–Trinajstić information content (AvgIpc) is 3.23. The van der Waals surface area contributed by atoms with Crippen molar-refractivity contribution >= 4 is 16.9 Å². The van der Waals surface area contributed by atoms with Crippen molar-refractivity contribution in [3.63, 3.8) is 0 Å². The molecule has 0 fully saturated rings. The second-order valence-electron chi connectivity index (χ2n) is 8.46. The number of fused-ring (bicyclic) bond motifs is 1. The largest absolute Gasteiger partial charge is 0.464 e. The summed E-state index contributed by atoms with van der Waals surface area (Å²) in [4.78, 5) is 26.5. The van der Waals surface area contributed by atoms with Gasteiger partial charge in [0.25, 0.3) is 0 Å². The normalized spacial score (nSPS) is 10.8. The fourth-order valence-corrected chi connectivity index (χ4v) is 3.62. The maximum absolute atomic E-state index is 12.4. The van der Waals surface area contributed by atoms with Gasteiger partial charge in [-0.3, -0.25) is 4.98 Å². The predicted octanol–water partition coefficient (Wildman–Crippen LogP) is 6.40. The monoisotopic (exact) mass is 460 g/mol. The molecule has 0 unspecified atom stereocenters. The van der Waals surface area contributed by atoms with Gasteiger partial charge in [0.05, 0.1) is 32.5 Å². The molecule has 0 N–H and O–H groups in total. The minimum Gasteiger partial charge on any atom is -0.464 e. The summed E-state index contributed by atoms with van der Waals surface area (Å²) in [5.74, 6) is 0.424. The first-order valence-corrected chi connectivity index (χ1v) is 11.3. The van der Waals surface area contributed by atoms with E-state index < -0.39 is 5.97 Å². The first-order valence-electron chi connectivity index (χ1n) is 11.3. The van der Waals surface area contributed by atoms with Crippen molar-refractivity contribution in [3.05, 3.63) is 78.8 Å². The molecule has 0 aliphatic heterocycles. The van der Waals surface area contributed by atoms with Crippen LogP contribution in [-0.2, 0) is 21.1 Å². The van der Waals surface area contributed by atoms with Crippen LogP contribution in [-0.4, -0.2) is 36.3 Å². The Labute approximate surface area is 201 Å². The Hall–Kier alpha value is -3.48. The van der Waals surface area contributed by atoms with Gasteiger partial charge in [0, 0.05) is 17.1 Å². The number of aromatic nitrogens is 2. The van der Waals surface area contributed by atoms with Crippen molar-refractivity contribution in [1.82, 2.24) is 9.55 Å². The maximum atomic E-state index is 12.4. The summed E-state index contributed by atoms with van der Waals surface area (Å²) >= 11 is 0. The molecule has 0 atom stereocenters. The van der Waals surface area contributed by atoms with Crippen LogP contribution in [0.2, 0.25) is 0 Å². The van der Waals surface area contributed by atoms with Crippen LogP contribution >= 0.6 is 0 Å². The summed E-state index contributed by atoms with van der Waals surface area (Å²) in [7, 11) is 2.83. The van der Waals surface area contributed by atoms with E-state index in [2.05, 4.69) is 54.9 Å². The van der Waals surface area contributed by atoms with Crippen molar-refractivity contribution in [3.8, 4) is 22.3 Å². The zero-order chi connectivity index (χ0) is 24.5. The number of rotatable bonds is 7. The van der Waals surface area contributed by atoms with Gasteiger partial charge in [0.2, 0.25) is 0 Å². The molecule has 0 amide bonds. The number of hydrogen-bond donors (Lipinski definition) is 0. The van der Waals surface area contributed by atoms with Crippen molar-refractivity contribution in [1.29, 1.82) is 0 Å². The van der Waals surface area contributed by atoms with Crippen LogP contribution in [0.25, 0.3) is 33.2 Å². The van der Waals surface area contributed by atoms with Gasteiger partial charge < -0.3 is 9.30 Å². The third-order valence-corrected chi connectivity index (χ3v) is 5.02. The highest BCUT2D eigenvalue weighted by atomic mass is 17.2. The molecule has 4 aromatic rings. The number of pyridine rings is 1. The Morgan fingerprint density at radius 3 is 2.26 bits per heavy atom. The number of esters is 1. The lowest BCUT2D eigenvalue weighted by molar-refractivity contribution is -0.273. The predicted molar refractivity (Wildman–Crippen MR) is 135 cm³/mol. The van der Waals surface area contributed by atoms with Crippen molar-refractivity contribution in [2.75, 3.05) is 20.8 Å². The summed E-state index contributed by atoms with van der Waals surface area (Å²) in [5.41, 5.74) is 5.51. The Morgan fingerprint density at radius 2 is 1.59 bits per heavy atom. The van der Waals surface area contributed by atoms with E-state index in [1.807, 2.05) is 47.2 Å². The van der Waals surface area contributed by atoms with Gasteiger partial charge >= 0.3 is 5.97 Å². The number of carbonyl (C=O) groups excluding carboxylic acids is 1. The van der Waals surface area contributed by atoms with Gasteiger partial charge in [-0.25, -0.2) is 14.6 Å². The maximum Gasteiger partial charge on any atom is 0.354 e. The summed E-state index contributed by atoms with van der Waals surface area (Å²) in [6.45, 7) is 7.22. The van der Waals surface area contributed by atoms with E-state index >= 15 is 0 Å². The van der Waals surface area contributed by atoms with E-state index in [-0.39, 0.29) is 6.61 Å². The molecular weight excluding hydrogens is 428 g/mol. The van der Waals surface area contributed by atoms with Crippen LogP contribution in [0, 0.1) is 5.92 Å². The molecule has 0 aliphatic carbocycles. The van der Waals surface area contributed by atoms with Crippen LogP contribution in [0.3, 0.4) is 0 Å². The van der Waals surface area contributed by atoms with Gasteiger partial charge in [0.15, 0.2) is 0 Å². The van der Waals surface area contributed by atoms with E-state index in [1.165, 1.54) is 14.2 Å². The molecule has 2 aromatic heterocycles. The first-order chi connectivity index (χ1) is 16.5. The molecule has 178 valence electrons. The SMILES string of the molecule is CC(C)C.COOCCn1c(C(=O)OC)cc2c(-c3cccc(-c4ccccc4)c3)cncc21. The van der Waals surface area contributed by atoms with Crippen molar-refractivity contribution in [2.45, 2.75) is 27.3 Å². The number of ether oxygens (including phenoxy) is 1. The van der Waals surface area contributed by atoms with E-state index in [4.69, 9.17) is 9.62 Å². The number of methoxy groups -OCH3 is 1. The van der Waals surface area contributed by atoms with Crippen LogP contribution in [0.1, 0.15) is 31.3 Å². The number of benzene rings is 2. The molecule has 2 aromatic carbocycles. The molecule has 0 saturated heterocycles.